The smallest absolute Gasteiger partial charge is 0.497 e. The summed E-state index contributed by atoms with van der Waals surface area (Å²) < 4.78 is 145. The highest BCUT2D eigenvalue weighted by Gasteiger charge is 2.67. The molecule has 0 aliphatic heterocycles. The third-order valence-electron chi connectivity index (χ3n) is 6.30. The fourth-order valence-corrected chi connectivity index (χ4v) is 13.6. The van der Waals surface area contributed by atoms with Gasteiger partial charge >= 0.3 is 11.0 Å². The first-order chi connectivity index (χ1) is 19.0. The van der Waals surface area contributed by atoms with Crippen LogP contribution in [0, 0.1) is 0 Å². The lowest BCUT2D eigenvalue weighted by Gasteiger charge is -2.31. The zero-order valence-electron chi connectivity index (χ0n) is 21.6. The third kappa shape index (κ3) is 6.12. The molecule has 0 aliphatic carbocycles. The second kappa shape index (κ2) is 11.7. The van der Waals surface area contributed by atoms with Crippen LogP contribution in [0.5, 0.6) is 17.2 Å². The fourth-order valence-electron chi connectivity index (χ4n) is 4.16. The van der Waals surface area contributed by atoms with Crippen molar-refractivity contribution < 1.29 is 57.4 Å². The molecule has 0 heterocycles. The Balaban J connectivity index is 2.53. The summed E-state index contributed by atoms with van der Waals surface area (Å²) in [5, 5.41) is 0.273. The standard InChI is InChI=1S/C25H24F6O7PS2/c1-36-17-4-10-20(11-5-17)39(21-12-6-18(37-2)7-13-21,22-14-8-19(38-3)9-15-22)16-23(40(32,33)24(26,27)28)41(34,35)25(29,30)31/h4-15,23H,16H2,1-3H3/q+1. The third-order valence-corrected chi connectivity index (χ3v) is 15.8. The van der Waals surface area contributed by atoms with Crippen molar-refractivity contribution in [1.29, 1.82) is 0 Å². The minimum Gasteiger partial charge on any atom is -0.497 e. The van der Waals surface area contributed by atoms with Crippen LogP contribution < -0.4 is 30.1 Å². The van der Waals surface area contributed by atoms with Gasteiger partial charge in [0.05, 0.1) is 21.3 Å². The molecule has 0 amide bonds. The van der Waals surface area contributed by atoms with Crippen LogP contribution in [-0.2, 0) is 19.7 Å². The molecule has 3 rings (SSSR count). The highest BCUT2D eigenvalue weighted by Crippen LogP contribution is 2.58. The van der Waals surface area contributed by atoms with Gasteiger partial charge in [-0.1, -0.05) is 0 Å². The van der Waals surface area contributed by atoms with Crippen LogP contribution in [-0.4, -0.2) is 59.9 Å². The van der Waals surface area contributed by atoms with Crippen molar-refractivity contribution in [2.45, 2.75) is 15.6 Å². The molecule has 16 heteroatoms. The summed E-state index contributed by atoms with van der Waals surface area (Å²) in [5.74, 6) is 0.830. The number of sulfone groups is 2. The van der Waals surface area contributed by atoms with Crippen LogP contribution in [0.15, 0.2) is 72.8 Å². The van der Waals surface area contributed by atoms with Crippen LogP contribution in [0.1, 0.15) is 0 Å². The van der Waals surface area contributed by atoms with Gasteiger partial charge in [0.2, 0.25) is 4.58 Å². The number of rotatable bonds is 10. The van der Waals surface area contributed by atoms with Gasteiger partial charge in [0.1, 0.15) is 46.6 Å². The highest BCUT2D eigenvalue weighted by atomic mass is 32.3. The van der Waals surface area contributed by atoms with E-state index in [0.29, 0.717) is 0 Å². The van der Waals surface area contributed by atoms with Crippen molar-refractivity contribution in [2.75, 3.05) is 27.5 Å². The lowest BCUT2D eigenvalue weighted by atomic mass is 10.3. The van der Waals surface area contributed by atoms with E-state index >= 15 is 0 Å². The van der Waals surface area contributed by atoms with Gasteiger partial charge in [0.25, 0.3) is 19.7 Å². The minimum atomic E-state index is -6.93. The van der Waals surface area contributed by atoms with E-state index in [1.165, 1.54) is 94.1 Å². The number of alkyl halides is 6. The second-order valence-electron chi connectivity index (χ2n) is 8.50. The molecule has 0 saturated carbocycles. The van der Waals surface area contributed by atoms with E-state index in [-0.39, 0.29) is 33.2 Å². The van der Waals surface area contributed by atoms with E-state index in [0.717, 1.165) is 0 Å². The van der Waals surface area contributed by atoms with Crippen LogP contribution >= 0.6 is 7.26 Å². The van der Waals surface area contributed by atoms with Gasteiger partial charge in [0.15, 0.2) is 0 Å². The summed E-state index contributed by atoms with van der Waals surface area (Å²) in [4.78, 5) is 0. The SMILES string of the molecule is COc1ccc([P+](CC(S(=O)(=O)C(F)(F)F)S(=O)(=O)C(F)(F)F)(c2ccc(OC)cc2)c2ccc(OC)cc2)cc1. The van der Waals surface area contributed by atoms with Gasteiger partial charge in [-0.3, -0.25) is 0 Å². The van der Waals surface area contributed by atoms with Crippen molar-refractivity contribution in [3.8, 4) is 17.2 Å². The number of ether oxygens (including phenoxy) is 3. The van der Waals surface area contributed by atoms with Gasteiger partial charge in [-0.05, 0) is 72.8 Å². The van der Waals surface area contributed by atoms with E-state index < -0.39 is 48.7 Å². The van der Waals surface area contributed by atoms with Crippen LogP contribution in [0.4, 0.5) is 26.3 Å². The summed E-state index contributed by atoms with van der Waals surface area (Å²) in [7, 11) is -13.8. The lowest BCUT2D eigenvalue weighted by Crippen LogP contribution is -2.50. The first-order valence-corrected chi connectivity index (χ1v) is 16.4. The quantitative estimate of drug-likeness (QED) is 0.241. The zero-order chi connectivity index (χ0) is 30.9. The Morgan fingerprint density at radius 1 is 0.561 bits per heavy atom. The van der Waals surface area contributed by atoms with Gasteiger partial charge in [0, 0.05) is 0 Å². The molecule has 0 bridgehead atoms. The molecule has 0 aliphatic rings. The maximum Gasteiger partial charge on any atom is 0.498 e. The predicted octanol–water partition coefficient (Wildman–Crippen LogP) is 4.20. The Bertz CT molecular complexity index is 1400. The Morgan fingerprint density at radius 3 is 1.00 bits per heavy atom. The number of hydrogen-bond acceptors (Lipinski definition) is 7. The summed E-state index contributed by atoms with van der Waals surface area (Å²) in [6.45, 7) is 0. The molecule has 41 heavy (non-hydrogen) atoms. The number of hydrogen-bond donors (Lipinski definition) is 0. The minimum absolute atomic E-state index is 0.0911. The number of methoxy groups -OCH3 is 3. The van der Waals surface area contributed by atoms with Crippen molar-refractivity contribution >= 4 is 42.9 Å². The Labute approximate surface area is 233 Å². The largest absolute Gasteiger partial charge is 0.498 e. The number of benzene rings is 3. The monoisotopic (exact) mass is 645 g/mol. The molecule has 0 N–H and O–H groups in total. The van der Waals surface area contributed by atoms with Crippen molar-refractivity contribution in [1.82, 2.24) is 0 Å². The van der Waals surface area contributed by atoms with E-state index in [2.05, 4.69) is 0 Å². The van der Waals surface area contributed by atoms with Crippen molar-refractivity contribution in [3.63, 3.8) is 0 Å². The summed E-state index contributed by atoms with van der Waals surface area (Å²) >= 11 is 0. The highest BCUT2D eigenvalue weighted by molar-refractivity contribution is 8.11. The summed E-state index contributed by atoms with van der Waals surface area (Å²) in [5.41, 5.74) is -12.6. The van der Waals surface area contributed by atoms with Crippen molar-refractivity contribution in [2.24, 2.45) is 0 Å². The molecule has 0 fully saturated rings. The molecule has 3 aromatic rings. The predicted molar refractivity (Wildman–Crippen MR) is 143 cm³/mol. The molecule has 224 valence electrons. The fraction of sp³-hybridized carbons (Fsp3) is 0.280. The average Bonchev–Trinajstić information content (AvgIpc) is 2.92. The Hall–Kier alpha value is -3.03. The van der Waals surface area contributed by atoms with Crippen LogP contribution in [0.3, 0.4) is 0 Å². The molecule has 0 aromatic heterocycles. The summed E-state index contributed by atoms with van der Waals surface area (Å²) in [6.07, 6.45) is -1.58. The van der Waals surface area contributed by atoms with Gasteiger partial charge in [-0.25, -0.2) is 16.8 Å². The Morgan fingerprint density at radius 2 is 0.805 bits per heavy atom. The maximum atomic E-state index is 13.8. The zero-order valence-corrected chi connectivity index (χ0v) is 24.1. The van der Waals surface area contributed by atoms with E-state index in [1.54, 1.807) is 0 Å². The van der Waals surface area contributed by atoms with Gasteiger partial charge in [-0.2, -0.15) is 26.3 Å². The normalized spacial score (nSPS) is 13.2. The molecule has 0 atom stereocenters. The number of halogens is 6. The van der Waals surface area contributed by atoms with Crippen LogP contribution in [0.25, 0.3) is 0 Å². The van der Waals surface area contributed by atoms with Crippen LogP contribution in [0.2, 0.25) is 0 Å². The molecule has 3 aromatic carbocycles. The van der Waals surface area contributed by atoms with Gasteiger partial charge < -0.3 is 14.2 Å². The van der Waals surface area contributed by atoms with E-state index in [4.69, 9.17) is 14.2 Å². The van der Waals surface area contributed by atoms with E-state index in [9.17, 15) is 43.2 Å². The molecule has 0 radical (unpaired) electrons. The van der Waals surface area contributed by atoms with E-state index in [1.807, 2.05) is 0 Å². The van der Waals surface area contributed by atoms with Gasteiger partial charge in [-0.15, -0.1) is 0 Å². The first kappa shape index (κ1) is 32.5. The molecule has 0 unspecified atom stereocenters. The molecular weight excluding hydrogens is 621 g/mol. The second-order valence-corrected chi connectivity index (χ2v) is 16.6. The topological polar surface area (TPSA) is 96.0 Å². The molecular formula is C25H24F6O7PS2+. The molecule has 0 spiro atoms. The summed E-state index contributed by atoms with van der Waals surface area (Å²) in [6, 6.07) is 16.3. The lowest BCUT2D eigenvalue weighted by molar-refractivity contribution is -0.0468. The van der Waals surface area contributed by atoms with Crippen molar-refractivity contribution in [3.05, 3.63) is 72.8 Å². The first-order valence-electron chi connectivity index (χ1n) is 11.4. The Kier molecular flexibility index (Phi) is 9.26. The molecule has 0 saturated heterocycles. The molecule has 7 nitrogen and oxygen atoms in total. The average molecular weight is 646 g/mol. The maximum absolute atomic E-state index is 13.8.